The Morgan fingerprint density at radius 1 is 1.20 bits per heavy atom. The van der Waals surface area contributed by atoms with Crippen molar-refractivity contribution in [2.75, 3.05) is 37.7 Å². The number of benzene rings is 1. The van der Waals surface area contributed by atoms with Crippen LogP contribution in [0.2, 0.25) is 0 Å². The van der Waals surface area contributed by atoms with E-state index in [1.807, 2.05) is 19.1 Å². The summed E-state index contributed by atoms with van der Waals surface area (Å²) in [6.45, 7) is 6.48. The van der Waals surface area contributed by atoms with Gasteiger partial charge in [0.15, 0.2) is 11.7 Å². The van der Waals surface area contributed by atoms with Crippen LogP contribution in [0, 0.1) is 0 Å². The normalized spacial score (nSPS) is 14.9. The van der Waals surface area contributed by atoms with Gasteiger partial charge in [-0.1, -0.05) is 12.1 Å². The van der Waals surface area contributed by atoms with Gasteiger partial charge in [-0.3, -0.25) is 0 Å². The number of halogens is 4. The molecule has 0 aliphatic carbocycles. The maximum Gasteiger partial charge on any atom is 0.434 e. The highest BCUT2D eigenvalue weighted by Crippen LogP contribution is 2.29. The van der Waals surface area contributed by atoms with Gasteiger partial charge in [-0.25, -0.2) is 9.98 Å². The summed E-state index contributed by atoms with van der Waals surface area (Å²) in [5.41, 5.74) is 1.35. The van der Waals surface area contributed by atoms with Crippen molar-refractivity contribution in [3.63, 3.8) is 0 Å². The summed E-state index contributed by atoms with van der Waals surface area (Å²) in [5, 5.41) is 7.51. The van der Waals surface area contributed by atoms with Gasteiger partial charge in [-0.15, -0.1) is 35.3 Å². The van der Waals surface area contributed by atoms with E-state index in [2.05, 4.69) is 37.6 Å². The van der Waals surface area contributed by atoms with E-state index in [0.717, 1.165) is 54.3 Å². The SMILES string of the molecule is CCNC(=NCc1ccc(N2CCOCC2)cc1)NCc1nc(C(F)(F)F)cs1.I. The number of ether oxygens (including phenoxy) is 1. The first-order chi connectivity index (χ1) is 14.0. The average molecular weight is 555 g/mol. The first-order valence-electron chi connectivity index (χ1n) is 9.41. The van der Waals surface area contributed by atoms with Gasteiger partial charge in [0.05, 0.1) is 26.3 Å². The second-order valence-corrected chi connectivity index (χ2v) is 7.38. The number of aromatic nitrogens is 1. The number of hydrogen-bond acceptors (Lipinski definition) is 5. The zero-order valence-corrected chi connectivity index (χ0v) is 19.7. The van der Waals surface area contributed by atoms with E-state index in [1.54, 1.807) is 0 Å². The predicted octanol–water partition coefficient (Wildman–Crippen LogP) is 3.87. The van der Waals surface area contributed by atoms with Crippen LogP contribution in [-0.2, 0) is 24.0 Å². The highest BCUT2D eigenvalue weighted by molar-refractivity contribution is 14.0. The molecule has 0 radical (unpaired) electrons. The lowest BCUT2D eigenvalue weighted by Gasteiger charge is -2.28. The van der Waals surface area contributed by atoms with E-state index in [-0.39, 0.29) is 30.5 Å². The quantitative estimate of drug-likeness (QED) is 0.322. The van der Waals surface area contributed by atoms with E-state index < -0.39 is 11.9 Å². The molecule has 1 aromatic carbocycles. The molecule has 0 spiro atoms. The smallest absolute Gasteiger partial charge is 0.378 e. The van der Waals surface area contributed by atoms with Crippen LogP contribution in [0.3, 0.4) is 0 Å². The molecule has 1 aromatic heterocycles. The molecular weight excluding hydrogens is 530 g/mol. The van der Waals surface area contributed by atoms with Crippen LogP contribution in [0.25, 0.3) is 0 Å². The minimum absolute atomic E-state index is 0. The van der Waals surface area contributed by atoms with Crippen LogP contribution >= 0.6 is 35.3 Å². The van der Waals surface area contributed by atoms with Crippen molar-refractivity contribution in [1.29, 1.82) is 0 Å². The summed E-state index contributed by atoms with van der Waals surface area (Å²) < 4.78 is 43.3. The van der Waals surface area contributed by atoms with E-state index in [4.69, 9.17) is 4.74 Å². The van der Waals surface area contributed by atoms with Gasteiger partial charge in [-0.05, 0) is 24.6 Å². The molecule has 1 aliphatic rings. The molecule has 30 heavy (non-hydrogen) atoms. The molecule has 11 heteroatoms. The first kappa shape index (κ1) is 24.7. The van der Waals surface area contributed by atoms with Crippen LogP contribution in [0.5, 0.6) is 0 Å². The number of morpholine rings is 1. The Bertz CT molecular complexity index is 807. The van der Waals surface area contributed by atoms with Crippen LogP contribution < -0.4 is 15.5 Å². The Hall–Kier alpha value is -1.60. The second-order valence-electron chi connectivity index (χ2n) is 6.44. The highest BCUT2D eigenvalue weighted by Gasteiger charge is 2.33. The number of thiazole rings is 1. The molecule has 2 heterocycles. The molecule has 1 fully saturated rings. The lowest BCUT2D eigenvalue weighted by molar-refractivity contribution is -0.140. The van der Waals surface area contributed by atoms with Crippen LogP contribution in [0.15, 0.2) is 34.6 Å². The Morgan fingerprint density at radius 2 is 1.90 bits per heavy atom. The Kier molecular flexibility index (Phi) is 9.62. The Balaban J connectivity index is 0.00000320. The monoisotopic (exact) mass is 555 g/mol. The number of hydrogen-bond donors (Lipinski definition) is 2. The predicted molar refractivity (Wildman–Crippen MR) is 124 cm³/mol. The van der Waals surface area contributed by atoms with Crippen molar-refractivity contribution in [3.05, 3.63) is 45.9 Å². The number of guanidine groups is 1. The van der Waals surface area contributed by atoms with E-state index in [0.29, 0.717) is 24.1 Å². The third-order valence-electron chi connectivity index (χ3n) is 4.33. The molecule has 6 nitrogen and oxygen atoms in total. The standard InChI is InChI=1S/C19H24F3N5OS.HI/c1-2-23-18(25-12-17-26-16(13-29-17)19(20,21)22)24-11-14-3-5-15(6-4-14)27-7-9-28-10-8-27;/h3-6,13H,2,7-12H2,1H3,(H2,23,24,25);1H. The maximum absolute atomic E-state index is 12.7. The fourth-order valence-electron chi connectivity index (χ4n) is 2.83. The molecule has 0 bridgehead atoms. The Morgan fingerprint density at radius 3 is 2.50 bits per heavy atom. The second kappa shape index (κ2) is 11.7. The van der Waals surface area contributed by atoms with Crippen molar-refractivity contribution in [1.82, 2.24) is 15.6 Å². The van der Waals surface area contributed by atoms with Crippen LogP contribution in [-0.4, -0.2) is 43.8 Å². The van der Waals surface area contributed by atoms with Gasteiger partial charge >= 0.3 is 6.18 Å². The van der Waals surface area contributed by atoms with Gasteiger partial charge in [0.25, 0.3) is 0 Å². The fraction of sp³-hybridized carbons (Fsp3) is 0.474. The minimum atomic E-state index is -4.42. The third-order valence-corrected chi connectivity index (χ3v) is 5.17. The van der Waals surface area contributed by atoms with E-state index in [1.165, 1.54) is 0 Å². The van der Waals surface area contributed by atoms with Crippen molar-refractivity contribution >= 4 is 47.0 Å². The molecule has 2 aromatic rings. The topological polar surface area (TPSA) is 61.8 Å². The summed E-state index contributed by atoms with van der Waals surface area (Å²) in [4.78, 5) is 10.4. The average Bonchev–Trinajstić information content (AvgIpc) is 3.21. The van der Waals surface area contributed by atoms with Crippen molar-refractivity contribution in [3.8, 4) is 0 Å². The lowest BCUT2D eigenvalue weighted by Crippen LogP contribution is -2.36. The first-order valence-corrected chi connectivity index (χ1v) is 10.3. The van der Waals surface area contributed by atoms with Crippen molar-refractivity contribution in [2.45, 2.75) is 26.2 Å². The summed E-state index contributed by atoms with van der Waals surface area (Å²) in [5.74, 6) is 0.536. The van der Waals surface area contributed by atoms with Gasteiger partial charge in [0, 0.05) is 30.7 Å². The zero-order valence-electron chi connectivity index (χ0n) is 16.5. The molecule has 0 saturated carbocycles. The summed E-state index contributed by atoms with van der Waals surface area (Å²) in [6.07, 6.45) is -4.42. The molecule has 2 N–H and O–H groups in total. The van der Waals surface area contributed by atoms with Crippen LogP contribution in [0.4, 0.5) is 18.9 Å². The molecule has 0 amide bonds. The Labute approximate surface area is 195 Å². The van der Waals surface area contributed by atoms with Crippen molar-refractivity contribution in [2.24, 2.45) is 4.99 Å². The fourth-order valence-corrected chi connectivity index (χ4v) is 3.57. The van der Waals surface area contributed by atoms with Gasteiger partial charge in [-0.2, -0.15) is 13.2 Å². The van der Waals surface area contributed by atoms with E-state index in [9.17, 15) is 13.2 Å². The number of nitrogens with one attached hydrogen (secondary N) is 2. The summed E-state index contributed by atoms with van der Waals surface area (Å²) in [7, 11) is 0. The largest absolute Gasteiger partial charge is 0.434 e. The maximum atomic E-state index is 12.7. The summed E-state index contributed by atoms with van der Waals surface area (Å²) >= 11 is 0.976. The molecule has 1 aliphatic heterocycles. The van der Waals surface area contributed by atoms with Gasteiger partial charge < -0.3 is 20.3 Å². The van der Waals surface area contributed by atoms with Crippen molar-refractivity contribution < 1.29 is 17.9 Å². The molecule has 0 atom stereocenters. The number of nitrogens with zero attached hydrogens (tertiary/aromatic N) is 3. The number of aliphatic imine (C=N–C) groups is 1. The third kappa shape index (κ3) is 7.27. The van der Waals surface area contributed by atoms with Crippen LogP contribution in [0.1, 0.15) is 23.2 Å². The molecule has 166 valence electrons. The highest BCUT2D eigenvalue weighted by atomic mass is 127. The van der Waals surface area contributed by atoms with Gasteiger partial charge in [0.1, 0.15) is 5.01 Å². The lowest BCUT2D eigenvalue weighted by atomic mass is 10.2. The number of rotatable bonds is 6. The molecule has 3 rings (SSSR count). The molecule has 0 unspecified atom stereocenters. The molecular formula is C19H25F3IN5OS. The number of anilines is 1. The number of alkyl halides is 3. The molecule has 1 saturated heterocycles. The minimum Gasteiger partial charge on any atom is -0.378 e. The zero-order chi connectivity index (χ0) is 20.7. The van der Waals surface area contributed by atoms with Gasteiger partial charge in [0.2, 0.25) is 0 Å². The van der Waals surface area contributed by atoms with E-state index >= 15 is 0 Å². The summed E-state index contributed by atoms with van der Waals surface area (Å²) in [6, 6.07) is 8.22.